The molecule has 3 aliphatic rings. The third-order valence-electron chi connectivity index (χ3n) is 5.02. The first kappa shape index (κ1) is 15.7. The summed E-state index contributed by atoms with van der Waals surface area (Å²) in [6, 6.07) is 3.92. The molecule has 0 aliphatic carbocycles. The van der Waals surface area contributed by atoms with Crippen molar-refractivity contribution in [1.29, 1.82) is 0 Å². The zero-order chi connectivity index (χ0) is 17.9. The number of carbonyl (C=O) groups excluding carboxylic acids is 2. The lowest BCUT2D eigenvalue weighted by atomic mass is 9.77. The Bertz CT molecular complexity index is 836. The molecule has 25 heavy (non-hydrogen) atoms. The predicted molar refractivity (Wildman–Crippen MR) is 83.0 cm³/mol. The number of amides is 2. The fraction of sp³-hybridized carbons (Fsp3) is 0.375. The molecule has 1 aromatic carbocycles. The van der Waals surface area contributed by atoms with E-state index in [1.165, 1.54) is 19.2 Å². The lowest BCUT2D eigenvalue weighted by Gasteiger charge is -2.26. The Labute approximate surface area is 141 Å². The molecule has 2 bridgehead atoms. The molecule has 130 valence electrons. The Morgan fingerprint density at radius 1 is 1.40 bits per heavy atom. The van der Waals surface area contributed by atoms with Gasteiger partial charge < -0.3 is 14.6 Å². The van der Waals surface area contributed by atoms with Crippen LogP contribution in [0.1, 0.15) is 0 Å². The highest BCUT2D eigenvalue weighted by molar-refractivity contribution is 6.24. The molecule has 9 heteroatoms. The number of benzene rings is 1. The molecule has 3 heterocycles. The number of imide groups is 1. The van der Waals surface area contributed by atoms with Crippen molar-refractivity contribution in [1.82, 2.24) is 0 Å². The van der Waals surface area contributed by atoms with E-state index in [9.17, 15) is 24.8 Å². The van der Waals surface area contributed by atoms with Gasteiger partial charge in [0.05, 0.1) is 42.6 Å². The zero-order valence-corrected chi connectivity index (χ0v) is 13.1. The van der Waals surface area contributed by atoms with Crippen molar-refractivity contribution < 1.29 is 29.1 Å². The molecule has 9 nitrogen and oxygen atoms in total. The van der Waals surface area contributed by atoms with Crippen LogP contribution in [0.5, 0.6) is 5.75 Å². The summed E-state index contributed by atoms with van der Waals surface area (Å²) >= 11 is 0. The second-order valence-electron chi connectivity index (χ2n) is 6.18. The largest absolute Gasteiger partial charge is 0.496 e. The van der Waals surface area contributed by atoms with E-state index in [2.05, 4.69) is 0 Å². The van der Waals surface area contributed by atoms with Crippen LogP contribution in [-0.4, -0.2) is 47.3 Å². The molecular weight excluding hydrogens is 332 g/mol. The molecule has 1 N–H and O–H groups in total. The average molecular weight is 346 g/mol. The Kier molecular flexibility index (Phi) is 3.21. The fourth-order valence-electron chi connectivity index (χ4n) is 3.89. The third kappa shape index (κ3) is 1.90. The van der Waals surface area contributed by atoms with Crippen LogP contribution in [0.3, 0.4) is 0 Å². The van der Waals surface area contributed by atoms with Gasteiger partial charge in [0.15, 0.2) is 0 Å². The minimum atomic E-state index is -1.24. The van der Waals surface area contributed by atoms with E-state index < -0.39 is 52.6 Å². The lowest BCUT2D eigenvalue weighted by Crippen LogP contribution is -2.43. The van der Waals surface area contributed by atoms with Crippen molar-refractivity contribution in [2.75, 3.05) is 18.6 Å². The van der Waals surface area contributed by atoms with Crippen molar-refractivity contribution in [3.63, 3.8) is 0 Å². The normalized spacial score (nSPS) is 32.4. The van der Waals surface area contributed by atoms with Gasteiger partial charge in [0.2, 0.25) is 11.8 Å². The molecule has 2 fully saturated rings. The maximum Gasteiger partial charge on any atom is 0.297 e. The van der Waals surface area contributed by atoms with E-state index in [1.54, 1.807) is 12.2 Å². The number of methoxy groups -OCH3 is 1. The first-order valence-electron chi connectivity index (χ1n) is 7.62. The summed E-state index contributed by atoms with van der Waals surface area (Å²) in [5.74, 6) is -2.60. The second-order valence-corrected chi connectivity index (χ2v) is 6.18. The smallest absolute Gasteiger partial charge is 0.297 e. The van der Waals surface area contributed by atoms with Gasteiger partial charge in [-0.3, -0.25) is 19.7 Å². The molecule has 2 amide bonds. The molecule has 3 aliphatic heterocycles. The number of fused-ring (bicyclic) bond motifs is 5. The number of anilines is 1. The second kappa shape index (κ2) is 5.11. The molecule has 1 aromatic rings. The average Bonchev–Trinajstić information content (AvgIpc) is 3.25. The van der Waals surface area contributed by atoms with Crippen molar-refractivity contribution in [2.24, 2.45) is 11.8 Å². The van der Waals surface area contributed by atoms with Gasteiger partial charge in [0.25, 0.3) is 5.69 Å². The number of nitro groups is 1. The summed E-state index contributed by atoms with van der Waals surface area (Å²) < 4.78 is 10.6. The van der Waals surface area contributed by atoms with Crippen LogP contribution in [0.2, 0.25) is 0 Å². The summed E-state index contributed by atoms with van der Waals surface area (Å²) in [5, 5.41) is 21.1. The van der Waals surface area contributed by atoms with Crippen LogP contribution in [-0.2, 0) is 14.3 Å². The minimum Gasteiger partial charge on any atom is -0.496 e. The molecule has 2 saturated heterocycles. The molecule has 4 atom stereocenters. The van der Waals surface area contributed by atoms with E-state index in [-0.39, 0.29) is 11.4 Å². The molecule has 0 saturated carbocycles. The van der Waals surface area contributed by atoms with E-state index >= 15 is 0 Å². The topological polar surface area (TPSA) is 119 Å². The Morgan fingerprint density at radius 2 is 2.16 bits per heavy atom. The van der Waals surface area contributed by atoms with Crippen LogP contribution in [0.15, 0.2) is 30.4 Å². The third-order valence-corrected chi connectivity index (χ3v) is 5.02. The van der Waals surface area contributed by atoms with E-state index in [1.807, 2.05) is 0 Å². The molecule has 0 unspecified atom stereocenters. The van der Waals surface area contributed by atoms with E-state index in [0.29, 0.717) is 0 Å². The van der Waals surface area contributed by atoms with Crippen LogP contribution >= 0.6 is 0 Å². The lowest BCUT2D eigenvalue weighted by molar-refractivity contribution is -0.384. The number of ether oxygens (including phenoxy) is 2. The minimum absolute atomic E-state index is 0.109. The van der Waals surface area contributed by atoms with Crippen LogP contribution in [0, 0.1) is 22.0 Å². The summed E-state index contributed by atoms with van der Waals surface area (Å²) in [6.45, 7) is -0.446. The van der Waals surface area contributed by atoms with Crippen LogP contribution in [0.25, 0.3) is 0 Å². The Balaban J connectivity index is 1.80. The maximum atomic E-state index is 12.9. The number of nitro benzene ring substituents is 1. The van der Waals surface area contributed by atoms with Gasteiger partial charge in [0, 0.05) is 0 Å². The van der Waals surface area contributed by atoms with Gasteiger partial charge >= 0.3 is 0 Å². The number of hydrogen-bond acceptors (Lipinski definition) is 7. The standard InChI is InChI=1S/C16H14N2O7/c1-24-8-2-3-9(10(6-8)18(22)23)17-14(20)12-11-4-5-16(7-19,25-11)13(12)15(17)21/h2-6,11-13,19H,7H2,1H3/t11-,12-,13+,16-/m1/s1. The van der Waals surface area contributed by atoms with Crippen molar-refractivity contribution in [3.05, 3.63) is 40.5 Å². The Hall–Kier alpha value is -2.78. The number of rotatable bonds is 4. The van der Waals surface area contributed by atoms with E-state index in [4.69, 9.17) is 9.47 Å². The summed E-state index contributed by atoms with van der Waals surface area (Å²) in [5.41, 5.74) is -1.75. The van der Waals surface area contributed by atoms with Gasteiger partial charge in [-0.1, -0.05) is 12.2 Å². The number of carbonyl (C=O) groups is 2. The summed E-state index contributed by atoms with van der Waals surface area (Å²) in [7, 11) is 1.36. The Morgan fingerprint density at radius 3 is 2.80 bits per heavy atom. The fourth-order valence-corrected chi connectivity index (χ4v) is 3.89. The molecular formula is C16H14N2O7. The molecule has 0 spiro atoms. The number of aliphatic hydroxyl groups excluding tert-OH is 1. The van der Waals surface area contributed by atoms with Gasteiger partial charge in [-0.2, -0.15) is 0 Å². The molecule has 4 rings (SSSR count). The SMILES string of the molecule is COc1ccc(N2C(=O)[C@H]3[C@@H](C2=O)[C@]2(CO)C=C[C@H]3O2)c([N+](=O)[O-])c1. The van der Waals surface area contributed by atoms with Gasteiger partial charge in [-0.25, -0.2) is 4.90 Å². The van der Waals surface area contributed by atoms with Crippen LogP contribution in [0.4, 0.5) is 11.4 Å². The number of nitrogens with zero attached hydrogens (tertiary/aromatic N) is 2. The molecule has 0 aromatic heterocycles. The molecule has 0 radical (unpaired) electrons. The highest BCUT2D eigenvalue weighted by Crippen LogP contribution is 2.53. The van der Waals surface area contributed by atoms with Gasteiger partial charge in [0.1, 0.15) is 17.0 Å². The van der Waals surface area contributed by atoms with Gasteiger partial charge in [-0.05, 0) is 12.1 Å². The first-order valence-corrected chi connectivity index (χ1v) is 7.62. The summed E-state index contributed by atoms with van der Waals surface area (Å²) in [6.07, 6.45) is 2.63. The van der Waals surface area contributed by atoms with Gasteiger partial charge in [-0.15, -0.1) is 0 Å². The quantitative estimate of drug-likeness (QED) is 0.363. The summed E-state index contributed by atoms with van der Waals surface area (Å²) in [4.78, 5) is 37.3. The predicted octanol–water partition coefficient (Wildman–Crippen LogP) is 0.409. The monoisotopic (exact) mass is 346 g/mol. The van der Waals surface area contributed by atoms with Crippen molar-refractivity contribution >= 4 is 23.2 Å². The highest BCUT2D eigenvalue weighted by atomic mass is 16.6. The highest BCUT2D eigenvalue weighted by Gasteiger charge is 2.68. The van der Waals surface area contributed by atoms with Crippen molar-refractivity contribution in [3.8, 4) is 5.75 Å². The first-order chi connectivity index (χ1) is 11.9. The van der Waals surface area contributed by atoms with Crippen LogP contribution < -0.4 is 9.64 Å². The zero-order valence-electron chi connectivity index (χ0n) is 13.1. The number of hydrogen-bond donors (Lipinski definition) is 1. The van der Waals surface area contributed by atoms with E-state index in [0.717, 1.165) is 11.0 Å². The maximum absolute atomic E-state index is 12.9. The number of aliphatic hydroxyl groups is 1. The van der Waals surface area contributed by atoms with Crippen molar-refractivity contribution in [2.45, 2.75) is 11.7 Å².